The maximum absolute atomic E-state index is 12.4. The highest BCUT2D eigenvalue weighted by Gasteiger charge is 2.15. The molecule has 0 aliphatic carbocycles. The first-order valence-electron chi connectivity index (χ1n) is 7.75. The highest BCUT2D eigenvalue weighted by molar-refractivity contribution is 7.15. The minimum atomic E-state index is -0.292. The number of anilines is 1. The van der Waals surface area contributed by atoms with E-state index in [1.807, 2.05) is 18.2 Å². The fourth-order valence-electron chi connectivity index (χ4n) is 2.45. The van der Waals surface area contributed by atoms with Crippen LogP contribution in [-0.2, 0) is 12.8 Å². The van der Waals surface area contributed by atoms with Crippen molar-refractivity contribution < 1.29 is 4.79 Å². The van der Waals surface area contributed by atoms with Crippen molar-refractivity contribution in [1.82, 2.24) is 24.8 Å². The van der Waals surface area contributed by atoms with E-state index in [1.54, 1.807) is 23.0 Å². The molecule has 0 unspecified atom stereocenters. The second-order valence-corrected chi connectivity index (χ2v) is 6.45. The molecule has 7 nitrogen and oxygen atoms in total. The SMILES string of the molecule is O=C(Nc1nnc(CCc2ccccc2)s1)c1cnn2cccnc12. The third kappa shape index (κ3) is 3.38. The van der Waals surface area contributed by atoms with Gasteiger partial charge in [-0.3, -0.25) is 10.1 Å². The van der Waals surface area contributed by atoms with Crippen LogP contribution < -0.4 is 5.32 Å². The Morgan fingerprint density at radius 2 is 2.00 bits per heavy atom. The van der Waals surface area contributed by atoms with E-state index in [4.69, 9.17) is 0 Å². The Labute approximate surface area is 147 Å². The molecule has 0 aliphatic rings. The highest BCUT2D eigenvalue weighted by atomic mass is 32.1. The summed E-state index contributed by atoms with van der Waals surface area (Å²) in [5.74, 6) is -0.292. The lowest BCUT2D eigenvalue weighted by atomic mass is 10.1. The van der Waals surface area contributed by atoms with E-state index in [0.29, 0.717) is 16.3 Å². The molecule has 0 bridgehead atoms. The van der Waals surface area contributed by atoms with Crippen molar-refractivity contribution in [2.75, 3.05) is 5.32 Å². The first-order chi connectivity index (χ1) is 12.3. The topological polar surface area (TPSA) is 85.1 Å². The number of nitrogens with one attached hydrogen (secondary N) is 1. The van der Waals surface area contributed by atoms with Gasteiger partial charge < -0.3 is 0 Å². The lowest BCUT2D eigenvalue weighted by Crippen LogP contribution is -2.11. The second kappa shape index (κ2) is 6.78. The maximum atomic E-state index is 12.4. The number of benzene rings is 1. The molecule has 0 radical (unpaired) electrons. The number of carbonyl (C=O) groups excluding carboxylic acids is 1. The van der Waals surface area contributed by atoms with Gasteiger partial charge in [-0.2, -0.15) is 5.10 Å². The number of fused-ring (bicyclic) bond motifs is 1. The van der Waals surface area contributed by atoms with Gasteiger partial charge in [0.1, 0.15) is 10.6 Å². The van der Waals surface area contributed by atoms with E-state index < -0.39 is 0 Å². The summed E-state index contributed by atoms with van der Waals surface area (Å²) in [5.41, 5.74) is 2.16. The number of hydrogen-bond donors (Lipinski definition) is 1. The van der Waals surface area contributed by atoms with E-state index in [0.717, 1.165) is 17.8 Å². The van der Waals surface area contributed by atoms with Gasteiger partial charge in [-0.1, -0.05) is 41.7 Å². The van der Waals surface area contributed by atoms with Crippen LogP contribution in [0.1, 0.15) is 20.9 Å². The smallest absolute Gasteiger partial charge is 0.262 e. The predicted molar refractivity (Wildman–Crippen MR) is 94.7 cm³/mol. The highest BCUT2D eigenvalue weighted by Crippen LogP contribution is 2.19. The van der Waals surface area contributed by atoms with Crippen LogP contribution in [0, 0.1) is 0 Å². The third-order valence-corrected chi connectivity index (χ3v) is 4.58. The van der Waals surface area contributed by atoms with Gasteiger partial charge in [-0.05, 0) is 18.1 Å². The molecule has 3 aromatic heterocycles. The Balaban J connectivity index is 1.43. The van der Waals surface area contributed by atoms with Crippen molar-refractivity contribution in [2.24, 2.45) is 0 Å². The molecule has 8 heteroatoms. The summed E-state index contributed by atoms with van der Waals surface area (Å²) in [7, 11) is 0. The summed E-state index contributed by atoms with van der Waals surface area (Å²) >= 11 is 1.38. The molecule has 4 aromatic rings. The van der Waals surface area contributed by atoms with E-state index in [1.165, 1.54) is 23.1 Å². The molecule has 0 atom stereocenters. The van der Waals surface area contributed by atoms with Crippen molar-refractivity contribution in [3.63, 3.8) is 0 Å². The van der Waals surface area contributed by atoms with Crippen LogP contribution in [0.5, 0.6) is 0 Å². The van der Waals surface area contributed by atoms with Crippen molar-refractivity contribution in [3.8, 4) is 0 Å². The molecule has 1 amide bonds. The van der Waals surface area contributed by atoms with E-state index in [9.17, 15) is 4.79 Å². The molecule has 4 rings (SSSR count). The van der Waals surface area contributed by atoms with Gasteiger partial charge in [0.25, 0.3) is 5.91 Å². The molecule has 0 spiro atoms. The summed E-state index contributed by atoms with van der Waals surface area (Å²) in [4.78, 5) is 16.6. The number of rotatable bonds is 5. The standard InChI is InChI=1S/C17H14N6OS/c24-16(13-11-19-23-10-4-9-18-15(13)23)20-17-22-21-14(25-17)8-7-12-5-2-1-3-6-12/h1-6,9-11H,7-8H2,(H,20,22,24). The minimum Gasteiger partial charge on any atom is -0.296 e. The molecule has 3 heterocycles. The quantitative estimate of drug-likeness (QED) is 0.598. The zero-order valence-electron chi connectivity index (χ0n) is 13.2. The van der Waals surface area contributed by atoms with Gasteiger partial charge in [-0.25, -0.2) is 9.50 Å². The minimum absolute atomic E-state index is 0.292. The van der Waals surface area contributed by atoms with E-state index in [-0.39, 0.29) is 5.91 Å². The van der Waals surface area contributed by atoms with Crippen LogP contribution in [-0.4, -0.2) is 30.7 Å². The second-order valence-electron chi connectivity index (χ2n) is 5.39. The van der Waals surface area contributed by atoms with E-state index >= 15 is 0 Å². The first kappa shape index (κ1) is 15.4. The molecule has 124 valence electrons. The van der Waals surface area contributed by atoms with Gasteiger partial charge in [0, 0.05) is 18.8 Å². The van der Waals surface area contributed by atoms with Crippen molar-refractivity contribution >= 4 is 28.0 Å². The molecular weight excluding hydrogens is 336 g/mol. The number of amides is 1. The number of aromatic nitrogens is 5. The molecule has 0 fully saturated rings. The van der Waals surface area contributed by atoms with Crippen molar-refractivity contribution in [2.45, 2.75) is 12.8 Å². The Kier molecular flexibility index (Phi) is 4.17. The largest absolute Gasteiger partial charge is 0.296 e. The normalized spacial score (nSPS) is 10.9. The average Bonchev–Trinajstić information content (AvgIpc) is 3.27. The molecule has 0 saturated carbocycles. The summed E-state index contributed by atoms with van der Waals surface area (Å²) < 4.78 is 1.56. The summed E-state index contributed by atoms with van der Waals surface area (Å²) in [5, 5.41) is 16.4. The Morgan fingerprint density at radius 3 is 2.88 bits per heavy atom. The lowest BCUT2D eigenvalue weighted by molar-refractivity contribution is 0.102. The van der Waals surface area contributed by atoms with E-state index in [2.05, 4.69) is 37.7 Å². The molecule has 1 N–H and O–H groups in total. The van der Waals surface area contributed by atoms with Gasteiger partial charge >= 0.3 is 0 Å². The van der Waals surface area contributed by atoms with Crippen molar-refractivity contribution in [3.05, 3.63) is 71.1 Å². The van der Waals surface area contributed by atoms with Crippen LogP contribution in [0.25, 0.3) is 5.65 Å². The molecule has 25 heavy (non-hydrogen) atoms. The third-order valence-electron chi connectivity index (χ3n) is 3.68. The van der Waals surface area contributed by atoms with Crippen LogP contribution in [0.15, 0.2) is 55.0 Å². The number of aryl methyl sites for hydroxylation is 2. The lowest BCUT2D eigenvalue weighted by Gasteiger charge is -1.98. The summed E-state index contributed by atoms with van der Waals surface area (Å²) in [6, 6.07) is 12.0. The van der Waals surface area contributed by atoms with Gasteiger partial charge in [0.2, 0.25) is 5.13 Å². The molecule has 0 aliphatic heterocycles. The van der Waals surface area contributed by atoms with Crippen molar-refractivity contribution in [1.29, 1.82) is 0 Å². The van der Waals surface area contributed by atoms with Gasteiger partial charge in [-0.15, -0.1) is 10.2 Å². The average molecular weight is 350 g/mol. The Bertz CT molecular complexity index is 1010. The number of carbonyl (C=O) groups is 1. The van der Waals surface area contributed by atoms with Crippen LogP contribution in [0.2, 0.25) is 0 Å². The monoisotopic (exact) mass is 350 g/mol. The fourth-order valence-corrected chi connectivity index (χ4v) is 3.19. The number of hydrogen-bond acceptors (Lipinski definition) is 6. The van der Waals surface area contributed by atoms with Crippen LogP contribution >= 0.6 is 11.3 Å². The predicted octanol–water partition coefficient (Wildman–Crippen LogP) is 2.62. The zero-order chi connectivity index (χ0) is 17.1. The summed E-state index contributed by atoms with van der Waals surface area (Å²) in [6.07, 6.45) is 6.54. The molecule has 0 saturated heterocycles. The van der Waals surface area contributed by atoms with Crippen LogP contribution in [0.3, 0.4) is 0 Å². The first-order valence-corrected chi connectivity index (χ1v) is 8.57. The maximum Gasteiger partial charge on any atom is 0.262 e. The summed E-state index contributed by atoms with van der Waals surface area (Å²) in [6.45, 7) is 0. The zero-order valence-corrected chi connectivity index (χ0v) is 14.0. The van der Waals surface area contributed by atoms with Gasteiger partial charge in [0.05, 0.1) is 6.20 Å². The van der Waals surface area contributed by atoms with Crippen LogP contribution in [0.4, 0.5) is 5.13 Å². The van der Waals surface area contributed by atoms with Gasteiger partial charge in [0.15, 0.2) is 5.65 Å². The molecule has 1 aromatic carbocycles. The Hall–Kier alpha value is -3.13. The fraction of sp³-hybridized carbons (Fsp3) is 0.118. The Morgan fingerprint density at radius 1 is 1.12 bits per heavy atom. The number of nitrogens with zero attached hydrogens (tertiary/aromatic N) is 5. The molecular formula is C17H14N6OS.